The molecule has 16 heavy (non-hydrogen) atoms. The molecule has 4 nitrogen and oxygen atoms in total. The minimum atomic E-state index is -4.26. The largest absolute Gasteiger partial charge is 0.405 e. The lowest BCUT2D eigenvalue weighted by molar-refractivity contribution is -0.120. The fourth-order valence-electron chi connectivity index (χ4n) is 1.52. The maximum Gasteiger partial charge on any atom is 0.405 e. The molecule has 0 aliphatic heterocycles. The Labute approximate surface area is 90.3 Å². The molecule has 0 saturated heterocycles. The molecule has 0 spiro atoms. The van der Waals surface area contributed by atoms with Gasteiger partial charge in [0.15, 0.2) is 11.6 Å². The molecule has 0 radical (unpaired) electrons. The van der Waals surface area contributed by atoms with E-state index in [9.17, 15) is 13.2 Å². The summed E-state index contributed by atoms with van der Waals surface area (Å²) in [7, 11) is 0. The molecule has 1 heterocycles. The first-order chi connectivity index (χ1) is 7.47. The molecule has 7 heteroatoms. The second-order valence-electron chi connectivity index (χ2n) is 3.74. The molecule has 1 aliphatic carbocycles. The van der Waals surface area contributed by atoms with Crippen LogP contribution in [0, 0.1) is 0 Å². The van der Waals surface area contributed by atoms with E-state index in [1.807, 2.05) is 0 Å². The van der Waals surface area contributed by atoms with Crippen molar-refractivity contribution in [1.29, 1.82) is 0 Å². The van der Waals surface area contributed by atoms with Gasteiger partial charge in [0, 0.05) is 18.4 Å². The second-order valence-corrected chi connectivity index (χ2v) is 3.74. The minimum Gasteiger partial charge on any atom is -0.381 e. The number of hydrogen-bond acceptors (Lipinski definition) is 4. The van der Waals surface area contributed by atoms with Crippen molar-refractivity contribution < 1.29 is 13.2 Å². The first kappa shape index (κ1) is 11.0. The predicted molar refractivity (Wildman–Crippen MR) is 52.9 cm³/mol. The van der Waals surface area contributed by atoms with Crippen molar-refractivity contribution in [3.05, 3.63) is 12.4 Å². The summed E-state index contributed by atoms with van der Waals surface area (Å²) in [6.07, 6.45) is -0.0698. The summed E-state index contributed by atoms with van der Waals surface area (Å²) in [4.78, 5) is 8.79. The van der Waals surface area contributed by atoms with Crippen LogP contribution in [-0.4, -0.2) is 28.7 Å². The predicted octanol–water partition coefficient (Wildman–Crippen LogP) is 1.59. The molecule has 1 aliphatic rings. The van der Waals surface area contributed by atoms with Crippen molar-refractivity contribution in [2.45, 2.75) is 25.1 Å². The van der Waals surface area contributed by atoms with Crippen molar-refractivity contribution in [2.24, 2.45) is 0 Å². The SMILES string of the molecule is Nc1nccnc1N(CC(F)(F)F)C1CC1. The van der Waals surface area contributed by atoms with Crippen molar-refractivity contribution >= 4 is 11.6 Å². The number of alkyl halides is 3. The fourth-order valence-corrected chi connectivity index (χ4v) is 1.52. The summed E-state index contributed by atoms with van der Waals surface area (Å²) >= 11 is 0. The molecule has 2 N–H and O–H groups in total. The van der Waals surface area contributed by atoms with Crippen molar-refractivity contribution in [1.82, 2.24) is 9.97 Å². The number of rotatable bonds is 3. The van der Waals surface area contributed by atoms with Crippen LogP contribution in [0.5, 0.6) is 0 Å². The molecular formula is C9H11F3N4. The normalized spacial score (nSPS) is 16.2. The molecule has 2 rings (SSSR count). The lowest BCUT2D eigenvalue weighted by Gasteiger charge is -2.25. The van der Waals surface area contributed by atoms with Crippen LogP contribution in [0.25, 0.3) is 0 Å². The topological polar surface area (TPSA) is 55.0 Å². The highest BCUT2D eigenvalue weighted by molar-refractivity contribution is 5.58. The zero-order valence-corrected chi connectivity index (χ0v) is 8.41. The number of aromatic nitrogens is 2. The van der Waals surface area contributed by atoms with Gasteiger partial charge in [-0.05, 0) is 12.8 Å². The van der Waals surface area contributed by atoms with E-state index in [2.05, 4.69) is 9.97 Å². The van der Waals surface area contributed by atoms with Gasteiger partial charge in [-0.2, -0.15) is 13.2 Å². The molecule has 0 unspecified atom stereocenters. The molecule has 1 saturated carbocycles. The van der Waals surface area contributed by atoms with Gasteiger partial charge in [-0.3, -0.25) is 0 Å². The van der Waals surface area contributed by atoms with Gasteiger partial charge in [0.2, 0.25) is 0 Å². The minimum absolute atomic E-state index is 0.0404. The highest BCUT2D eigenvalue weighted by Crippen LogP contribution is 2.34. The zero-order chi connectivity index (χ0) is 11.8. The highest BCUT2D eigenvalue weighted by Gasteiger charge is 2.39. The van der Waals surface area contributed by atoms with Crippen LogP contribution in [0.2, 0.25) is 0 Å². The Morgan fingerprint density at radius 3 is 2.44 bits per heavy atom. The third kappa shape index (κ3) is 2.53. The molecule has 0 amide bonds. The average molecular weight is 232 g/mol. The van der Waals surface area contributed by atoms with E-state index in [1.165, 1.54) is 17.3 Å². The summed E-state index contributed by atoms with van der Waals surface area (Å²) < 4.78 is 37.1. The highest BCUT2D eigenvalue weighted by atomic mass is 19.4. The monoisotopic (exact) mass is 232 g/mol. The van der Waals surface area contributed by atoms with Gasteiger partial charge in [-0.1, -0.05) is 0 Å². The van der Waals surface area contributed by atoms with Crippen LogP contribution in [-0.2, 0) is 0 Å². The van der Waals surface area contributed by atoms with Gasteiger partial charge >= 0.3 is 6.18 Å². The van der Waals surface area contributed by atoms with E-state index in [0.29, 0.717) is 0 Å². The summed E-state index contributed by atoms with van der Waals surface area (Å²) in [5, 5.41) is 0. The molecule has 1 aromatic rings. The van der Waals surface area contributed by atoms with Crippen LogP contribution >= 0.6 is 0 Å². The Hall–Kier alpha value is -1.53. The Morgan fingerprint density at radius 1 is 1.31 bits per heavy atom. The van der Waals surface area contributed by atoms with Gasteiger partial charge in [0.1, 0.15) is 6.54 Å². The number of hydrogen-bond donors (Lipinski definition) is 1. The fraction of sp³-hybridized carbons (Fsp3) is 0.556. The average Bonchev–Trinajstić information content (AvgIpc) is 2.97. The van der Waals surface area contributed by atoms with Crippen molar-refractivity contribution in [2.75, 3.05) is 17.2 Å². The molecule has 1 aromatic heterocycles. The van der Waals surface area contributed by atoms with Gasteiger partial charge < -0.3 is 10.6 Å². The lowest BCUT2D eigenvalue weighted by Crippen LogP contribution is -2.37. The summed E-state index contributed by atoms with van der Waals surface area (Å²) in [5.74, 6) is 0.168. The smallest absolute Gasteiger partial charge is 0.381 e. The Kier molecular flexibility index (Phi) is 2.61. The summed E-state index contributed by atoms with van der Waals surface area (Å²) in [6.45, 7) is -1.03. The lowest BCUT2D eigenvalue weighted by atomic mass is 10.4. The maximum absolute atomic E-state index is 12.4. The van der Waals surface area contributed by atoms with Crippen LogP contribution in [0.4, 0.5) is 24.8 Å². The molecule has 1 fully saturated rings. The van der Waals surface area contributed by atoms with E-state index in [0.717, 1.165) is 12.8 Å². The molecular weight excluding hydrogens is 221 g/mol. The summed E-state index contributed by atoms with van der Waals surface area (Å²) in [6, 6.07) is -0.111. The Morgan fingerprint density at radius 2 is 1.94 bits per heavy atom. The first-order valence-electron chi connectivity index (χ1n) is 4.87. The number of nitrogens with zero attached hydrogens (tertiary/aromatic N) is 3. The van der Waals surface area contributed by atoms with E-state index in [4.69, 9.17) is 5.73 Å². The molecule has 88 valence electrons. The van der Waals surface area contributed by atoms with E-state index in [-0.39, 0.29) is 17.7 Å². The van der Waals surface area contributed by atoms with E-state index < -0.39 is 12.7 Å². The number of anilines is 2. The number of nitrogens with two attached hydrogens (primary N) is 1. The third-order valence-corrected chi connectivity index (χ3v) is 2.32. The van der Waals surface area contributed by atoms with Crippen molar-refractivity contribution in [3.8, 4) is 0 Å². The summed E-state index contributed by atoms with van der Waals surface area (Å²) in [5.41, 5.74) is 5.52. The first-order valence-corrected chi connectivity index (χ1v) is 4.87. The quantitative estimate of drug-likeness (QED) is 0.859. The van der Waals surface area contributed by atoms with E-state index in [1.54, 1.807) is 0 Å². The van der Waals surface area contributed by atoms with Crippen molar-refractivity contribution in [3.63, 3.8) is 0 Å². The van der Waals surface area contributed by atoms with Gasteiger partial charge in [-0.15, -0.1) is 0 Å². The van der Waals surface area contributed by atoms with Crippen LogP contribution in [0.1, 0.15) is 12.8 Å². The third-order valence-electron chi connectivity index (χ3n) is 2.32. The molecule has 0 aromatic carbocycles. The number of halogens is 3. The van der Waals surface area contributed by atoms with Gasteiger partial charge in [-0.25, -0.2) is 9.97 Å². The molecule has 0 atom stereocenters. The maximum atomic E-state index is 12.4. The van der Waals surface area contributed by atoms with Crippen LogP contribution in [0.15, 0.2) is 12.4 Å². The zero-order valence-electron chi connectivity index (χ0n) is 8.41. The van der Waals surface area contributed by atoms with Gasteiger partial charge in [0.25, 0.3) is 0 Å². The Balaban J connectivity index is 2.23. The molecule has 0 bridgehead atoms. The number of nitrogen functional groups attached to an aromatic ring is 1. The van der Waals surface area contributed by atoms with Crippen LogP contribution < -0.4 is 10.6 Å². The standard InChI is InChI=1S/C9H11F3N4/c10-9(11,12)5-16(6-1-2-6)8-7(13)14-3-4-15-8/h3-4,6H,1-2,5H2,(H2,13,14). The van der Waals surface area contributed by atoms with Crippen LogP contribution in [0.3, 0.4) is 0 Å². The Bertz CT molecular complexity index is 375. The second kappa shape index (κ2) is 3.80. The van der Waals surface area contributed by atoms with Gasteiger partial charge in [0.05, 0.1) is 0 Å². The van der Waals surface area contributed by atoms with E-state index >= 15 is 0 Å².